The normalized spacial score (nSPS) is 38.8. The summed E-state index contributed by atoms with van der Waals surface area (Å²) < 4.78 is 26.8. The smallest absolute Gasteiger partial charge is 0.158 e. The number of halogens is 2. The van der Waals surface area contributed by atoms with Gasteiger partial charge in [0.2, 0.25) is 0 Å². The van der Waals surface area contributed by atoms with Gasteiger partial charge in [-0.15, -0.1) is 0 Å². The molecule has 0 aromatic carbocycles. The maximum atomic E-state index is 13.7. The highest BCUT2D eigenvalue weighted by atomic mass is 19.2. The molecule has 0 spiro atoms. The molecular weight excluding hydrogens is 210 g/mol. The highest BCUT2D eigenvalue weighted by Crippen LogP contribution is 2.44. The van der Waals surface area contributed by atoms with Crippen LogP contribution in [0.25, 0.3) is 0 Å². The van der Waals surface area contributed by atoms with Crippen LogP contribution in [0.15, 0.2) is 23.6 Å². The van der Waals surface area contributed by atoms with E-state index in [9.17, 15) is 13.9 Å². The number of fused-ring (bicyclic) bond motifs is 1. The van der Waals surface area contributed by atoms with Crippen molar-refractivity contribution in [1.29, 1.82) is 0 Å². The van der Waals surface area contributed by atoms with E-state index in [0.717, 1.165) is 12.0 Å². The van der Waals surface area contributed by atoms with Crippen LogP contribution in [0.1, 0.15) is 39.0 Å². The zero-order valence-corrected chi connectivity index (χ0v) is 9.55. The van der Waals surface area contributed by atoms with Crippen LogP contribution in [0.5, 0.6) is 0 Å². The van der Waals surface area contributed by atoms with E-state index in [1.807, 2.05) is 6.92 Å². The molecule has 0 bridgehead atoms. The van der Waals surface area contributed by atoms with Crippen molar-refractivity contribution in [2.45, 2.75) is 50.8 Å². The predicted molar refractivity (Wildman–Crippen MR) is 59.4 cm³/mol. The van der Waals surface area contributed by atoms with Crippen molar-refractivity contribution < 1.29 is 13.9 Å². The summed E-state index contributed by atoms with van der Waals surface area (Å²) in [5.74, 6) is -1.15. The Kier molecular flexibility index (Phi) is 3.15. The largest absolute Gasteiger partial charge is 0.390 e. The van der Waals surface area contributed by atoms with Gasteiger partial charge in [-0.1, -0.05) is 25.0 Å². The Morgan fingerprint density at radius 3 is 2.94 bits per heavy atom. The highest BCUT2D eigenvalue weighted by molar-refractivity contribution is 5.29. The van der Waals surface area contributed by atoms with Gasteiger partial charge in [-0.3, -0.25) is 0 Å². The lowest BCUT2D eigenvalue weighted by atomic mass is 9.70. The molecule has 1 N–H and O–H groups in total. The second-order valence-electron chi connectivity index (χ2n) is 4.98. The summed E-state index contributed by atoms with van der Waals surface area (Å²) in [6.07, 6.45) is 4.62. The molecule has 0 radical (unpaired) electrons. The lowest BCUT2D eigenvalue weighted by Gasteiger charge is -2.40. The van der Waals surface area contributed by atoms with Gasteiger partial charge in [0, 0.05) is 5.92 Å². The van der Waals surface area contributed by atoms with Crippen LogP contribution in [0.2, 0.25) is 0 Å². The summed E-state index contributed by atoms with van der Waals surface area (Å²) in [6.45, 7) is 2.00. The number of allylic oxidation sites excluding steroid dienone is 4. The Labute approximate surface area is 94.9 Å². The number of aliphatic hydroxyl groups is 1. The van der Waals surface area contributed by atoms with E-state index in [-0.39, 0.29) is 0 Å². The van der Waals surface area contributed by atoms with Crippen molar-refractivity contribution in [2.75, 3.05) is 0 Å². The first kappa shape index (κ1) is 11.8. The van der Waals surface area contributed by atoms with Gasteiger partial charge in [-0.2, -0.15) is 0 Å². The third-order valence-corrected chi connectivity index (χ3v) is 3.74. The van der Waals surface area contributed by atoms with Gasteiger partial charge < -0.3 is 5.11 Å². The molecule has 16 heavy (non-hydrogen) atoms. The van der Waals surface area contributed by atoms with E-state index < -0.39 is 23.5 Å². The molecular formula is C13H18F2O. The third-order valence-electron chi connectivity index (χ3n) is 3.74. The molecule has 90 valence electrons. The minimum atomic E-state index is -1.55. The van der Waals surface area contributed by atoms with Crippen LogP contribution in [0.3, 0.4) is 0 Å². The first-order valence-electron chi connectivity index (χ1n) is 5.98. The average molecular weight is 228 g/mol. The molecule has 0 amide bonds. The second-order valence-corrected chi connectivity index (χ2v) is 4.98. The van der Waals surface area contributed by atoms with Gasteiger partial charge in [0.05, 0.1) is 5.60 Å². The molecule has 1 nitrogen and oxygen atoms in total. The quantitative estimate of drug-likeness (QED) is 0.767. The molecule has 2 aliphatic rings. The summed E-state index contributed by atoms with van der Waals surface area (Å²) in [6, 6.07) is 0. The van der Waals surface area contributed by atoms with E-state index in [1.54, 1.807) is 6.08 Å². The van der Waals surface area contributed by atoms with E-state index in [4.69, 9.17) is 0 Å². The molecule has 3 unspecified atom stereocenters. The molecule has 3 atom stereocenters. The summed E-state index contributed by atoms with van der Waals surface area (Å²) in [5.41, 5.74) is 0.160. The Bertz CT molecular complexity index is 335. The summed E-state index contributed by atoms with van der Waals surface area (Å²) in [5, 5.41) is 10.3. The fourth-order valence-corrected chi connectivity index (χ4v) is 2.87. The van der Waals surface area contributed by atoms with E-state index in [2.05, 4.69) is 0 Å². The zero-order valence-electron chi connectivity index (χ0n) is 9.55. The fourth-order valence-electron chi connectivity index (χ4n) is 2.87. The first-order chi connectivity index (χ1) is 7.56. The SMILES string of the molecule is CCCC1(O)CCC2=CC=C(F)C(F)C2C1. The predicted octanol–water partition coefficient (Wildman–Crippen LogP) is 3.45. The second kappa shape index (κ2) is 4.28. The van der Waals surface area contributed by atoms with Gasteiger partial charge in [-0.05, 0) is 31.8 Å². The van der Waals surface area contributed by atoms with Gasteiger partial charge in [0.25, 0.3) is 0 Å². The molecule has 0 saturated heterocycles. The van der Waals surface area contributed by atoms with Crippen molar-refractivity contribution in [3.63, 3.8) is 0 Å². The maximum Gasteiger partial charge on any atom is 0.158 e. The Balaban J connectivity index is 2.15. The molecule has 0 aromatic heterocycles. The molecule has 0 aliphatic heterocycles. The van der Waals surface area contributed by atoms with Crippen molar-refractivity contribution >= 4 is 0 Å². The van der Waals surface area contributed by atoms with Crippen LogP contribution in [0, 0.1) is 5.92 Å². The summed E-state index contributed by atoms with van der Waals surface area (Å²) in [4.78, 5) is 0. The highest BCUT2D eigenvalue weighted by Gasteiger charge is 2.41. The van der Waals surface area contributed by atoms with Crippen LogP contribution in [0.4, 0.5) is 8.78 Å². The Hall–Kier alpha value is -0.700. The van der Waals surface area contributed by atoms with Crippen molar-refractivity contribution in [2.24, 2.45) is 5.92 Å². The standard InChI is InChI=1S/C13H18F2O/c1-2-6-13(16)7-5-9-3-4-11(14)12(15)10(9)8-13/h3-4,10,12,16H,2,5-8H2,1H3. The molecule has 3 heteroatoms. The number of alkyl halides is 1. The van der Waals surface area contributed by atoms with Crippen LogP contribution < -0.4 is 0 Å². The number of hydrogen-bond acceptors (Lipinski definition) is 1. The van der Waals surface area contributed by atoms with E-state index in [1.165, 1.54) is 6.08 Å². The topological polar surface area (TPSA) is 20.2 Å². The third kappa shape index (κ3) is 2.05. The number of hydrogen-bond donors (Lipinski definition) is 1. The molecule has 1 fully saturated rings. The Morgan fingerprint density at radius 2 is 2.25 bits per heavy atom. The van der Waals surface area contributed by atoms with Crippen molar-refractivity contribution in [3.05, 3.63) is 23.6 Å². The lowest BCUT2D eigenvalue weighted by molar-refractivity contribution is -0.0208. The van der Waals surface area contributed by atoms with Gasteiger partial charge in [0.1, 0.15) is 5.83 Å². The summed E-state index contributed by atoms with van der Waals surface area (Å²) >= 11 is 0. The molecule has 0 aromatic rings. The molecule has 2 rings (SSSR count). The van der Waals surface area contributed by atoms with E-state index in [0.29, 0.717) is 25.7 Å². The zero-order chi connectivity index (χ0) is 11.8. The fraction of sp³-hybridized carbons (Fsp3) is 0.692. The average Bonchev–Trinajstić information content (AvgIpc) is 2.25. The van der Waals surface area contributed by atoms with Gasteiger partial charge in [0.15, 0.2) is 6.17 Å². The molecule has 1 saturated carbocycles. The lowest BCUT2D eigenvalue weighted by Crippen LogP contribution is -2.40. The van der Waals surface area contributed by atoms with Crippen molar-refractivity contribution in [3.8, 4) is 0 Å². The minimum Gasteiger partial charge on any atom is -0.390 e. The van der Waals surface area contributed by atoms with Crippen LogP contribution in [-0.4, -0.2) is 16.9 Å². The molecule has 2 aliphatic carbocycles. The van der Waals surface area contributed by atoms with Gasteiger partial charge >= 0.3 is 0 Å². The van der Waals surface area contributed by atoms with Gasteiger partial charge in [-0.25, -0.2) is 8.78 Å². The van der Waals surface area contributed by atoms with Crippen molar-refractivity contribution in [1.82, 2.24) is 0 Å². The maximum absolute atomic E-state index is 13.7. The van der Waals surface area contributed by atoms with Crippen LogP contribution in [-0.2, 0) is 0 Å². The Morgan fingerprint density at radius 1 is 1.50 bits per heavy atom. The van der Waals surface area contributed by atoms with E-state index >= 15 is 0 Å². The molecule has 0 heterocycles. The summed E-state index contributed by atoms with van der Waals surface area (Å²) in [7, 11) is 0. The first-order valence-corrected chi connectivity index (χ1v) is 5.98. The van der Waals surface area contributed by atoms with Crippen LogP contribution >= 0.6 is 0 Å². The minimum absolute atomic E-state index is 0.356. The monoisotopic (exact) mass is 228 g/mol. The number of rotatable bonds is 2.